The maximum absolute atomic E-state index is 5.84. The van der Waals surface area contributed by atoms with Gasteiger partial charge in [0, 0.05) is 37.4 Å². The Hall–Kier alpha value is -1.24. The van der Waals surface area contributed by atoms with E-state index in [0.29, 0.717) is 0 Å². The second-order valence-electron chi connectivity index (χ2n) is 5.44. The second-order valence-corrected chi connectivity index (χ2v) is 6.38. The molecule has 0 spiro atoms. The van der Waals surface area contributed by atoms with Crippen molar-refractivity contribution >= 4 is 11.3 Å². The van der Waals surface area contributed by atoms with Crippen molar-refractivity contribution < 1.29 is 4.74 Å². The summed E-state index contributed by atoms with van der Waals surface area (Å²) in [5, 5.41) is 7.71. The molecule has 0 aliphatic carbocycles. The summed E-state index contributed by atoms with van der Waals surface area (Å²) in [4.78, 5) is 7.15. The molecular weight excluding hydrogens is 284 g/mol. The number of aryl methyl sites for hydroxylation is 1. The van der Waals surface area contributed by atoms with Gasteiger partial charge in [-0.15, -0.1) is 11.3 Å². The molecule has 0 saturated carbocycles. The summed E-state index contributed by atoms with van der Waals surface area (Å²) in [6.45, 7) is 6.67. The second kappa shape index (κ2) is 7.15. The van der Waals surface area contributed by atoms with Crippen LogP contribution in [0.2, 0.25) is 0 Å². The molecule has 6 heteroatoms. The first-order valence-electron chi connectivity index (χ1n) is 7.58. The molecule has 5 nitrogen and oxygen atoms in total. The van der Waals surface area contributed by atoms with Gasteiger partial charge in [0.1, 0.15) is 0 Å². The summed E-state index contributed by atoms with van der Waals surface area (Å²) in [5.74, 6) is 0. The molecule has 0 N–H and O–H groups in total. The molecule has 2 aromatic heterocycles. The van der Waals surface area contributed by atoms with Gasteiger partial charge in [-0.2, -0.15) is 5.10 Å². The molecule has 0 unspecified atom stereocenters. The van der Waals surface area contributed by atoms with Crippen molar-refractivity contribution in [3.05, 3.63) is 34.5 Å². The molecule has 1 fully saturated rings. The Bertz CT molecular complexity index is 540. The lowest BCUT2D eigenvalue weighted by Crippen LogP contribution is -2.43. The average molecular weight is 306 g/mol. The lowest BCUT2D eigenvalue weighted by atomic mass is 10.2. The zero-order valence-corrected chi connectivity index (χ0v) is 13.3. The molecule has 1 aliphatic heterocycles. The Morgan fingerprint density at radius 1 is 1.48 bits per heavy atom. The maximum Gasteiger partial charge on any atom is 0.0928 e. The maximum atomic E-state index is 5.84. The van der Waals surface area contributed by atoms with E-state index in [9.17, 15) is 0 Å². The molecule has 0 radical (unpaired) electrons. The fourth-order valence-electron chi connectivity index (χ4n) is 2.63. The van der Waals surface area contributed by atoms with Gasteiger partial charge in [0.05, 0.1) is 30.0 Å². The highest BCUT2D eigenvalue weighted by molar-refractivity contribution is 7.09. The first-order chi connectivity index (χ1) is 10.3. The quantitative estimate of drug-likeness (QED) is 0.820. The number of morpholine rings is 1. The Morgan fingerprint density at radius 3 is 3.24 bits per heavy atom. The van der Waals surface area contributed by atoms with Crippen LogP contribution in [-0.4, -0.2) is 45.5 Å². The predicted octanol–water partition coefficient (Wildman–Crippen LogP) is 2.19. The fraction of sp³-hybridized carbons (Fsp3) is 0.600. The van der Waals surface area contributed by atoms with Crippen LogP contribution in [0.25, 0.3) is 0 Å². The third-order valence-electron chi connectivity index (χ3n) is 3.62. The molecule has 3 rings (SSSR count). The molecule has 2 aromatic rings. The van der Waals surface area contributed by atoms with E-state index in [0.717, 1.165) is 45.6 Å². The lowest BCUT2D eigenvalue weighted by molar-refractivity contribution is -0.0405. The van der Waals surface area contributed by atoms with Crippen LogP contribution in [0.15, 0.2) is 23.8 Å². The molecule has 1 aliphatic rings. The normalized spacial score (nSPS) is 20.0. The van der Waals surface area contributed by atoms with Crippen LogP contribution in [0.1, 0.15) is 24.0 Å². The van der Waals surface area contributed by atoms with E-state index in [1.54, 1.807) is 11.3 Å². The summed E-state index contributed by atoms with van der Waals surface area (Å²) >= 11 is 1.78. The highest BCUT2D eigenvalue weighted by atomic mass is 32.1. The van der Waals surface area contributed by atoms with Crippen LogP contribution in [0.3, 0.4) is 0 Å². The van der Waals surface area contributed by atoms with Crippen molar-refractivity contribution in [2.45, 2.75) is 39.0 Å². The summed E-state index contributed by atoms with van der Waals surface area (Å²) in [5.41, 5.74) is 1.20. The Morgan fingerprint density at radius 2 is 2.43 bits per heavy atom. The summed E-state index contributed by atoms with van der Waals surface area (Å²) < 4.78 is 7.78. The van der Waals surface area contributed by atoms with E-state index >= 15 is 0 Å². The molecule has 1 atom stereocenters. The predicted molar refractivity (Wildman–Crippen MR) is 83.4 cm³/mol. The third kappa shape index (κ3) is 4.12. The molecule has 114 valence electrons. The van der Waals surface area contributed by atoms with Gasteiger partial charge >= 0.3 is 0 Å². The van der Waals surface area contributed by atoms with Gasteiger partial charge in [-0.3, -0.25) is 9.58 Å². The molecule has 3 heterocycles. The summed E-state index contributed by atoms with van der Waals surface area (Å²) in [7, 11) is 0. The number of nitrogens with zero attached hydrogens (tertiary/aromatic N) is 4. The van der Waals surface area contributed by atoms with Crippen LogP contribution < -0.4 is 0 Å². The number of hydrogen-bond acceptors (Lipinski definition) is 5. The minimum absolute atomic E-state index is 0.215. The number of aromatic nitrogens is 3. The SMILES string of the molecule is CCCc1nc(CN2CCO[C@H](Cn3cccn3)C2)cs1. The first-order valence-corrected chi connectivity index (χ1v) is 8.46. The monoisotopic (exact) mass is 306 g/mol. The minimum atomic E-state index is 0.215. The molecule has 0 aromatic carbocycles. The van der Waals surface area contributed by atoms with Gasteiger partial charge in [0.2, 0.25) is 0 Å². The van der Waals surface area contributed by atoms with E-state index in [-0.39, 0.29) is 6.10 Å². The van der Waals surface area contributed by atoms with E-state index in [2.05, 4.69) is 22.3 Å². The molecule has 0 bridgehead atoms. The standard InChI is InChI=1S/C15H22N4OS/c1-2-4-15-17-13(12-21-15)9-18-7-8-20-14(10-18)11-19-6-3-5-16-19/h3,5-6,12,14H,2,4,7-11H2,1H3/t14-/m0/s1. The van der Waals surface area contributed by atoms with Crippen molar-refractivity contribution in [3.8, 4) is 0 Å². The van der Waals surface area contributed by atoms with Crippen LogP contribution in [0.4, 0.5) is 0 Å². The molecule has 0 amide bonds. The molecular formula is C15H22N4OS. The van der Waals surface area contributed by atoms with E-state index < -0.39 is 0 Å². The summed E-state index contributed by atoms with van der Waals surface area (Å²) in [6.07, 6.45) is 6.27. The van der Waals surface area contributed by atoms with E-state index in [1.165, 1.54) is 10.7 Å². The number of hydrogen-bond donors (Lipinski definition) is 0. The highest BCUT2D eigenvalue weighted by Crippen LogP contribution is 2.15. The smallest absolute Gasteiger partial charge is 0.0928 e. The van der Waals surface area contributed by atoms with Crippen molar-refractivity contribution in [1.29, 1.82) is 0 Å². The van der Waals surface area contributed by atoms with Crippen molar-refractivity contribution in [2.24, 2.45) is 0 Å². The topological polar surface area (TPSA) is 43.2 Å². The van der Waals surface area contributed by atoms with Gasteiger partial charge in [-0.05, 0) is 18.9 Å². The number of thiazole rings is 1. The Balaban J connectivity index is 1.53. The van der Waals surface area contributed by atoms with Crippen LogP contribution >= 0.6 is 11.3 Å². The third-order valence-corrected chi connectivity index (χ3v) is 4.58. The van der Waals surface area contributed by atoms with Crippen LogP contribution in [0, 0.1) is 0 Å². The van der Waals surface area contributed by atoms with Gasteiger partial charge in [0.25, 0.3) is 0 Å². The lowest BCUT2D eigenvalue weighted by Gasteiger charge is -2.32. The van der Waals surface area contributed by atoms with Crippen molar-refractivity contribution in [3.63, 3.8) is 0 Å². The van der Waals surface area contributed by atoms with Gasteiger partial charge in [-0.1, -0.05) is 6.92 Å². The zero-order chi connectivity index (χ0) is 14.5. The molecule has 1 saturated heterocycles. The minimum Gasteiger partial charge on any atom is -0.374 e. The van der Waals surface area contributed by atoms with Crippen molar-refractivity contribution in [2.75, 3.05) is 19.7 Å². The Kier molecular flexibility index (Phi) is 5.00. The first kappa shape index (κ1) is 14.7. The van der Waals surface area contributed by atoms with E-state index in [1.807, 2.05) is 23.1 Å². The van der Waals surface area contributed by atoms with Crippen LogP contribution in [-0.2, 0) is 24.2 Å². The van der Waals surface area contributed by atoms with Crippen molar-refractivity contribution in [1.82, 2.24) is 19.7 Å². The summed E-state index contributed by atoms with van der Waals surface area (Å²) in [6, 6.07) is 1.95. The molecule has 21 heavy (non-hydrogen) atoms. The van der Waals surface area contributed by atoms with Gasteiger partial charge < -0.3 is 4.74 Å². The number of ether oxygens (including phenoxy) is 1. The fourth-order valence-corrected chi connectivity index (χ4v) is 3.52. The average Bonchev–Trinajstić information content (AvgIpc) is 3.12. The Labute approximate surface area is 129 Å². The zero-order valence-electron chi connectivity index (χ0n) is 12.4. The van der Waals surface area contributed by atoms with Gasteiger partial charge in [-0.25, -0.2) is 4.98 Å². The largest absolute Gasteiger partial charge is 0.374 e. The van der Waals surface area contributed by atoms with Gasteiger partial charge in [0.15, 0.2) is 0 Å². The van der Waals surface area contributed by atoms with E-state index in [4.69, 9.17) is 9.72 Å². The van der Waals surface area contributed by atoms with Crippen LogP contribution in [0.5, 0.6) is 0 Å². The number of rotatable bonds is 6. The highest BCUT2D eigenvalue weighted by Gasteiger charge is 2.21.